The molecule has 4 nitrogen and oxygen atoms in total. The summed E-state index contributed by atoms with van der Waals surface area (Å²) < 4.78 is 2.44. The molecule has 0 saturated carbocycles. The first-order chi connectivity index (χ1) is 25.5. The first-order valence-electron chi connectivity index (χ1n) is 18.1. The van der Waals surface area contributed by atoms with Crippen LogP contribution in [0.5, 0.6) is 0 Å². The standard InChI is InChI=1S/C48H36N4/c1-48(2)40-22-11-9-20-37(40)38-28-29-42-43(44(38)48)39-21-10-12-23-41(39)52(42)36-26-24-33(25-27-36)46-49-45(32-16-7-4-8-17-32)50-47(51-46)35-19-13-18-34(30-35)31-14-5-3-6-15-31/h3-24,26-30,33H,25H2,1-2H3. The second kappa shape index (κ2) is 11.9. The van der Waals surface area contributed by atoms with Crippen molar-refractivity contribution in [2.75, 3.05) is 0 Å². The molecule has 0 bridgehead atoms. The number of hydrogen-bond donors (Lipinski definition) is 0. The molecule has 0 spiro atoms. The topological polar surface area (TPSA) is 43.6 Å². The number of aromatic nitrogens is 4. The van der Waals surface area contributed by atoms with Crippen LogP contribution in [0.2, 0.25) is 0 Å². The van der Waals surface area contributed by atoms with Crippen molar-refractivity contribution in [1.82, 2.24) is 19.5 Å². The van der Waals surface area contributed by atoms with E-state index in [1.54, 1.807) is 0 Å². The minimum atomic E-state index is -0.101. The molecule has 2 aromatic heterocycles. The highest BCUT2D eigenvalue weighted by atomic mass is 15.0. The van der Waals surface area contributed by atoms with Crippen molar-refractivity contribution >= 4 is 27.5 Å². The van der Waals surface area contributed by atoms with Crippen LogP contribution in [0.4, 0.5) is 0 Å². The van der Waals surface area contributed by atoms with Gasteiger partial charge in [0.2, 0.25) is 0 Å². The molecule has 1 atom stereocenters. The third kappa shape index (κ3) is 4.79. The Balaban J connectivity index is 1.06. The van der Waals surface area contributed by atoms with Crippen LogP contribution in [0.1, 0.15) is 43.1 Å². The summed E-state index contributed by atoms with van der Waals surface area (Å²) in [6.45, 7) is 4.75. The molecule has 0 aliphatic heterocycles. The van der Waals surface area contributed by atoms with Crippen LogP contribution in [0.25, 0.3) is 72.5 Å². The summed E-state index contributed by atoms with van der Waals surface area (Å²) in [4.78, 5) is 15.2. The van der Waals surface area contributed by atoms with E-state index < -0.39 is 0 Å². The van der Waals surface area contributed by atoms with Gasteiger partial charge in [-0.25, -0.2) is 15.0 Å². The van der Waals surface area contributed by atoms with E-state index in [4.69, 9.17) is 15.0 Å². The lowest BCUT2D eigenvalue weighted by molar-refractivity contribution is 0.666. The van der Waals surface area contributed by atoms with E-state index >= 15 is 0 Å². The summed E-state index contributed by atoms with van der Waals surface area (Å²) in [6, 6.07) is 51.6. The summed E-state index contributed by atoms with van der Waals surface area (Å²) >= 11 is 0. The molecule has 10 rings (SSSR count). The third-order valence-electron chi connectivity index (χ3n) is 10.9. The highest BCUT2D eigenvalue weighted by Gasteiger charge is 2.38. The zero-order valence-corrected chi connectivity index (χ0v) is 29.2. The quantitative estimate of drug-likeness (QED) is 0.183. The van der Waals surface area contributed by atoms with Gasteiger partial charge in [-0.1, -0.05) is 153 Å². The third-order valence-corrected chi connectivity index (χ3v) is 10.9. The maximum absolute atomic E-state index is 5.14. The van der Waals surface area contributed by atoms with Gasteiger partial charge < -0.3 is 4.57 Å². The van der Waals surface area contributed by atoms with Gasteiger partial charge in [-0.15, -0.1) is 0 Å². The first kappa shape index (κ1) is 30.4. The summed E-state index contributed by atoms with van der Waals surface area (Å²) in [5, 5.41) is 2.64. The van der Waals surface area contributed by atoms with Crippen molar-refractivity contribution in [2.24, 2.45) is 0 Å². The van der Waals surface area contributed by atoms with Crippen molar-refractivity contribution in [3.05, 3.63) is 181 Å². The Hall–Kier alpha value is -6.39. The van der Waals surface area contributed by atoms with Gasteiger partial charge >= 0.3 is 0 Å². The number of para-hydroxylation sites is 1. The molecule has 0 saturated heterocycles. The van der Waals surface area contributed by atoms with Crippen LogP contribution in [0.15, 0.2) is 164 Å². The van der Waals surface area contributed by atoms with Gasteiger partial charge in [0.15, 0.2) is 11.6 Å². The fourth-order valence-electron chi connectivity index (χ4n) is 8.45. The molecule has 4 heteroatoms. The molecule has 52 heavy (non-hydrogen) atoms. The molecule has 6 aromatic carbocycles. The average molecular weight is 669 g/mol. The van der Waals surface area contributed by atoms with Crippen LogP contribution < -0.4 is 0 Å². The van der Waals surface area contributed by atoms with Crippen molar-refractivity contribution in [2.45, 2.75) is 31.6 Å². The summed E-state index contributed by atoms with van der Waals surface area (Å²) in [7, 11) is 0. The van der Waals surface area contributed by atoms with Crippen molar-refractivity contribution in [1.29, 1.82) is 0 Å². The summed E-state index contributed by atoms with van der Waals surface area (Å²) in [5.41, 5.74) is 13.3. The molecule has 8 aromatic rings. The lowest BCUT2D eigenvalue weighted by Gasteiger charge is -2.23. The lowest BCUT2D eigenvalue weighted by Crippen LogP contribution is -2.15. The average Bonchev–Trinajstić information content (AvgIpc) is 3.67. The molecule has 2 aliphatic rings. The van der Waals surface area contributed by atoms with Gasteiger partial charge in [0.05, 0.1) is 11.0 Å². The number of hydrogen-bond acceptors (Lipinski definition) is 3. The number of rotatable bonds is 5. The first-order valence-corrected chi connectivity index (χ1v) is 18.1. The lowest BCUT2D eigenvalue weighted by atomic mass is 9.80. The predicted octanol–water partition coefficient (Wildman–Crippen LogP) is 11.9. The Morgan fingerprint density at radius 1 is 0.577 bits per heavy atom. The molecule has 0 N–H and O–H groups in total. The molecule has 0 radical (unpaired) electrons. The molecule has 0 amide bonds. The second-order valence-corrected chi connectivity index (χ2v) is 14.4. The maximum atomic E-state index is 5.14. The van der Waals surface area contributed by atoms with Crippen LogP contribution in [0, 0.1) is 0 Å². The zero-order valence-electron chi connectivity index (χ0n) is 29.2. The van der Waals surface area contributed by atoms with Gasteiger partial charge in [-0.05, 0) is 64.1 Å². The Morgan fingerprint density at radius 3 is 2.04 bits per heavy atom. The van der Waals surface area contributed by atoms with Gasteiger partial charge in [0.1, 0.15) is 5.82 Å². The van der Waals surface area contributed by atoms with E-state index in [-0.39, 0.29) is 11.3 Å². The molecule has 2 aliphatic carbocycles. The fraction of sp³-hybridized carbons (Fsp3) is 0.104. The van der Waals surface area contributed by atoms with Crippen molar-refractivity contribution in [3.63, 3.8) is 0 Å². The van der Waals surface area contributed by atoms with Crippen molar-refractivity contribution in [3.8, 4) is 45.0 Å². The van der Waals surface area contributed by atoms with E-state index in [9.17, 15) is 0 Å². The van der Waals surface area contributed by atoms with E-state index in [0.717, 1.165) is 34.5 Å². The molecule has 0 fully saturated rings. The number of benzene rings is 6. The largest absolute Gasteiger partial charge is 0.310 e. The molecular weight excluding hydrogens is 633 g/mol. The highest BCUT2D eigenvalue weighted by Crippen LogP contribution is 2.53. The Kier molecular flexibility index (Phi) is 6.94. The minimum Gasteiger partial charge on any atom is -0.310 e. The maximum Gasteiger partial charge on any atom is 0.163 e. The fourth-order valence-corrected chi connectivity index (χ4v) is 8.45. The Labute approximate surface area is 303 Å². The van der Waals surface area contributed by atoms with Gasteiger partial charge in [0.25, 0.3) is 0 Å². The Morgan fingerprint density at radius 2 is 1.25 bits per heavy atom. The van der Waals surface area contributed by atoms with E-state index in [1.165, 1.54) is 49.8 Å². The normalized spacial score (nSPS) is 15.8. The van der Waals surface area contributed by atoms with Crippen molar-refractivity contribution < 1.29 is 0 Å². The number of nitrogens with zero attached hydrogens (tertiary/aromatic N) is 4. The van der Waals surface area contributed by atoms with E-state index in [1.807, 2.05) is 24.3 Å². The van der Waals surface area contributed by atoms with Gasteiger partial charge in [0, 0.05) is 38.9 Å². The van der Waals surface area contributed by atoms with Gasteiger partial charge in [-0.2, -0.15) is 0 Å². The van der Waals surface area contributed by atoms with Crippen LogP contribution in [-0.4, -0.2) is 19.5 Å². The number of fused-ring (bicyclic) bond motifs is 7. The van der Waals surface area contributed by atoms with Crippen LogP contribution in [-0.2, 0) is 5.41 Å². The van der Waals surface area contributed by atoms with Crippen LogP contribution in [0.3, 0.4) is 0 Å². The van der Waals surface area contributed by atoms with E-state index in [2.05, 4.69) is 158 Å². The molecule has 1 unspecified atom stereocenters. The Bertz CT molecular complexity index is 2730. The minimum absolute atomic E-state index is 0.0102. The monoisotopic (exact) mass is 668 g/mol. The molecule has 248 valence electrons. The second-order valence-electron chi connectivity index (χ2n) is 14.4. The summed E-state index contributed by atoms with van der Waals surface area (Å²) in [5.74, 6) is 2.16. The van der Waals surface area contributed by atoms with E-state index in [0.29, 0.717) is 11.6 Å². The van der Waals surface area contributed by atoms with Crippen LogP contribution >= 0.6 is 0 Å². The molecule has 2 heterocycles. The SMILES string of the molecule is CC1(C)c2ccccc2-c2ccc3c(c21)c1ccccc1n3C1=CCC(c2nc(-c3ccccc3)nc(-c3cccc(-c4ccccc4)c3)n2)C=C1. The smallest absolute Gasteiger partial charge is 0.163 e. The highest BCUT2D eigenvalue weighted by molar-refractivity contribution is 6.15. The predicted molar refractivity (Wildman–Crippen MR) is 214 cm³/mol. The number of allylic oxidation sites excluding steroid dienone is 4. The summed E-state index contributed by atoms with van der Waals surface area (Å²) in [6.07, 6.45) is 7.67. The molecular formula is C48H36N4. The van der Waals surface area contributed by atoms with Gasteiger partial charge in [-0.3, -0.25) is 0 Å². The zero-order chi connectivity index (χ0) is 34.8.